The van der Waals surface area contributed by atoms with Gasteiger partial charge < -0.3 is 15.2 Å². The summed E-state index contributed by atoms with van der Waals surface area (Å²) in [6, 6.07) is 6.37. The van der Waals surface area contributed by atoms with Gasteiger partial charge in [-0.15, -0.1) is 0 Å². The molecule has 0 bridgehead atoms. The van der Waals surface area contributed by atoms with Crippen molar-refractivity contribution in [1.29, 1.82) is 5.41 Å². The van der Waals surface area contributed by atoms with Crippen molar-refractivity contribution >= 4 is 40.9 Å². The van der Waals surface area contributed by atoms with E-state index in [1.165, 1.54) is 31.6 Å². The van der Waals surface area contributed by atoms with Gasteiger partial charge >= 0.3 is 5.97 Å². The van der Waals surface area contributed by atoms with Crippen LogP contribution in [0.3, 0.4) is 0 Å². The standard InChI is InChI=1S/C21H17F2N5O3S/c1-31-21(30)15-6-3-10(8-26-15)11-7-13(20(25)27-9-11)17(24)19(29)12-4-5-14(22)18(16(12)23)28-32-2/h3-9,24,28H,1-2H3,(H2,25,27). The van der Waals surface area contributed by atoms with E-state index in [-0.39, 0.29) is 17.1 Å². The van der Waals surface area contributed by atoms with Gasteiger partial charge in [0, 0.05) is 35.3 Å². The number of halogens is 2. The van der Waals surface area contributed by atoms with E-state index in [0.717, 1.165) is 24.1 Å². The number of hydrogen-bond donors (Lipinski definition) is 3. The second-order valence-corrected chi connectivity index (χ2v) is 6.99. The molecule has 164 valence electrons. The number of methoxy groups -OCH3 is 1. The molecule has 8 nitrogen and oxygen atoms in total. The molecule has 0 amide bonds. The molecule has 2 heterocycles. The van der Waals surface area contributed by atoms with Crippen LogP contribution < -0.4 is 10.5 Å². The molecule has 3 aromatic rings. The van der Waals surface area contributed by atoms with Gasteiger partial charge in [0.25, 0.3) is 0 Å². The Morgan fingerprint density at radius 3 is 2.44 bits per heavy atom. The molecule has 0 aliphatic carbocycles. The number of Topliss-reactive ketones (excluding diaryl/α,β-unsaturated/α-hetero) is 1. The van der Waals surface area contributed by atoms with Crippen LogP contribution in [0.4, 0.5) is 20.3 Å². The smallest absolute Gasteiger partial charge is 0.356 e. The Balaban J connectivity index is 1.97. The lowest BCUT2D eigenvalue weighted by Gasteiger charge is -2.12. The van der Waals surface area contributed by atoms with Gasteiger partial charge in [-0.05, 0) is 24.3 Å². The highest BCUT2D eigenvalue weighted by atomic mass is 32.2. The van der Waals surface area contributed by atoms with E-state index in [4.69, 9.17) is 11.1 Å². The number of nitrogen functional groups attached to an aromatic ring is 1. The van der Waals surface area contributed by atoms with E-state index < -0.39 is 40.3 Å². The number of benzene rings is 1. The fraction of sp³-hybridized carbons (Fsp3) is 0.0952. The Labute approximate surface area is 185 Å². The van der Waals surface area contributed by atoms with Gasteiger partial charge in [-0.1, -0.05) is 18.0 Å². The molecule has 2 aromatic heterocycles. The van der Waals surface area contributed by atoms with Gasteiger partial charge in [-0.25, -0.2) is 23.5 Å². The third-order valence-electron chi connectivity index (χ3n) is 4.45. The maximum atomic E-state index is 14.7. The lowest BCUT2D eigenvalue weighted by Crippen LogP contribution is -2.19. The number of nitrogens with one attached hydrogen (secondary N) is 2. The van der Waals surface area contributed by atoms with Crippen LogP contribution >= 0.6 is 11.9 Å². The van der Waals surface area contributed by atoms with Gasteiger partial charge in [-0.3, -0.25) is 10.2 Å². The molecule has 0 saturated heterocycles. The molecule has 0 saturated carbocycles. The molecule has 3 rings (SSSR count). The van der Waals surface area contributed by atoms with Crippen LogP contribution in [0.2, 0.25) is 0 Å². The zero-order valence-corrected chi connectivity index (χ0v) is 17.7. The third-order valence-corrected chi connectivity index (χ3v) is 4.85. The predicted octanol–water partition coefficient (Wildman–Crippen LogP) is 3.73. The Morgan fingerprint density at radius 2 is 1.81 bits per heavy atom. The number of hydrogen-bond acceptors (Lipinski definition) is 9. The maximum Gasteiger partial charge on any atom is 0.356 e. The zero-order chi connectivity index (χ0) is 23.4. The number of aromatic nitrogens is 2. The fourth-order valence-electron chi connectivity index (χ4n) is 2.80. The molecule has 1 aromatic carbocycles. The number of anilines is 2. The van der Waals surface area contributed by atoms with E-state index in [1.807, 2.05) is 0 Å². The highest BCUT2D eigenvalue weighted by molar-refractivity contribution is 7.99. The lowest BCUT2D eigenvalue weighted by molar-refractivity contribution is 0.0594. The highest BCUT2D eigenvalue weighted by Gasteiger charge is 2.24. The van der Waals surface area contributed by atoms with Crippen molar-refractivity contribution in [3.05, 3.63) is 71.2 Å². The van der Waals surface area contributed by atoms with E-state index in [1.54, 1.807) is 12.3 Å². The summed E-state index contributed by atoms with van der Waals surface area (Å²) in [5.74, 6) is -3.69. The van der Waals surface area contributed by atoms with Crippen molar-refractivity contribution < 1.29 is 23.1 Å². The van der Waals surface area contributed by atoms with Crippen LogP contribution in [0.5, 0.6) is 0 Å². The van der Waals surface area contributed by atoms with Crippen molar-refractivity contribution in [2.45, 2.75) is 0 Å². The minimum absolute atomic E-state index is 0.0346. The van der Waals surface area contributed by atoms with Crippen molar-refractivity contribution in [2.75, 3.05) is 23.8 Å². The van der Waals surface area contributed by atoms with Crippen molar-refractivity contribution in [3.63, 3.8) is 0 Å². The third kappa shape index (κ3) is 4.42. The van der Waals surface area contributed by atoms with E-state index >= 15 is 0 Å². The second kappa shape index (κ2) is 9.52. The normalized spacial score (nSPS) is 10.5. The molecule has 32 heavy (non-hydrogen) atoms. The summed E-state index contributed by atoms with van der Waals surface area (Å²) in [6.45, 7) is 0. The number of carbonyl (C=O) groups is 2. The minimum atomic E-state index is -1.11. The summed E-state index contributed by atoms with van der Waals surface area (Å²) < 4.78 is 35.6. The molecule has 0 spiro atoms. The Morgan fingerprint density at radius 1 is 1.09 bits per heavy atom. The van der Waals surface area contributed by atoms with Gasteiger partial charge in [0.2, 0.25) is 5.78 Å². The largest absolute Gasteiger partial charge is 0.464 e. The van der Waals surface area contributed by atoms with Gasteiger partial charge in [-0.2, -0.15) is 0 Å². The predicted molar refractivity (Wildman–Crippen MR) is 118 cm³/mol. The van der Waals surface area contributed by atoms with Crippen LogP contribution in [0, 0.1) is 17.0 Å². The average Bonchev–Trinajstić information content (AvgIpc) is 2.81. The first kappa shape index (κ1) is 22.8. The number of esters is 1. The maximum absolute atomic E-state index is 14.7. The summed E-state index contributed by atoms with van der Waals surface area (Å²) in [6.07, 6.45) is 4.37. The van der Waals surface area contributed by atoms with E-state index in [2.05, 4.69) is 19.4 Å². The molecule has 4 N–H and O–H groups in total. The molecular formula is C21H17F2N5O3S. The van der Waals surface area contributed by atoms with Crippen molar-refractivity contribution in [1.82, 2.24) is 9.97 Å². The highest BCUT2D eigenvalue weighted by Crippen LogP contribution is 2.27. The number of ketones is 1. The molecule has 0 aliphatic heterocycles. The summed E-state index contributed by atoms with van der Waals surface area (Å²) in [7, 11) is 1.24. The molecule has 0 radical (unpaired) electrons. The second-order valence-electron chi connectivity index (χ2n) is 6.37. The molecule has 0 aliphatic rings. The number of ether oxygens (including phenoxy) is 1. The quantitative estimate of drug-likeness (QED) is 0.212. The monoisotopic (exact) mass is 457 g/mol. The number of carbonyl (C=O) groups excluding carboxylic acids is 2. The molecule has 11 heteroatoms. The fourth-order valence-corrected chi connectivity index (χ4v) is 3.20. The first-order valence-electron chi connectivity index (χ1n) is 8.99. The summed E-state index contributed by atoms with van der Waals surface area (Å²) in [4.78, 5) is 32.4. The van der Waals surface area contributed by atoms with Gasteiger partial charge in [0.05, 0.1) is 12.7 Å². The minimum Gasteiger partial charge on any atom is -0.464 e. The molecule has 0 fully saturated rings. The first-order chi connectivity index (χ1) is 15.3. The topological polar surface area (TPSA) is 131 Å². The van der Waals surface area contributed by atoms with Crippen LogP contribution in [-0.2, 0) is 4.74 Å². The van der Waals surface area contributed by atoms with Crippen molar-refractivity contribution in [2.24, 2.45) is 0 Å². The summed E-state index contributed by atoms with van der Waals surface area (Å²) in [5, 5.41) is 8.28. The van der Waals surface area contributed by atoms with Crippen LogP contribution in [0.1, 0.15) is 26.4 Å². The van der Waals surface area contributed by atoms with E-state index in [9.17, 15) is 18.4 Å². The van der Waals surface area contributed by atoms with Crippen LogP contribution in [-0.4, -0.2) is 40.8 Å². The Kier molecular flexibility index (Phi) is 6.79. The summed E-state index contributed by atoms with van der Waals surface area (Å²) >= 11 is 0.955. The first-order valence-corrected chi connectivity index (χ1v) is 10.2. The average molecular weight is 457 g/mol. The van der Waals surface area contributed by atoms with Crippen LogP contribution in [0.25, 0.3) is 11.1 Å². The number of pyridine rings is 2. The number of nitrogens with zero attached hydrogens (tertiary/aromatic N) is 2. The molecule has 0 atom stereocenters. The van der Waals surface area contributed by atoms with Crippen LogP contribution in [0.15, 0.2) is 42.7 Å². The molecule has 0 unspecified atom stereocenters. The SMILES string of the molecule is COC(=O)c1ccc(-c2cnc(N)c(C(=N)C(=O)c3ccc(F)c(NSC)c3F)c2)cn1. The Bertz CT molecular complexity index is 1220. The van der Waals surface area contributed by atoms with Crippen molar-refractivity contribution in [3.8, 4) is 11.1 Å². The van der Waals surface area contributed by atoms with Gasteiger partial charge in [0.1, 0.15) is 28.7 Å². The lowest BCUT2D eigenvalue weighted by atomic mass is 9.98. The Hall–Kier alpha value is -3.86. The number of rotatable bonds is 7. The van der Waals surface area contributed by atoms with E-state index in [0.29, 0.717) is 11.1 Å². The number of nitrogens with two attached hydrogens (primary N) is 1. The summed E-state index contributed by atoms with van der Waals surface area (Å²) in [5.41, 5.74) is 5.34. The van der Waals surface area contributed by atoms with Gasteiger partial charge in [0.15, 0.2) is 5.82 Å². The molecular weight excluding hydrogens is 440 g/mol. The zero-order valence-electron chi connectivity index (χ0n) is 16.9.